The maximum absolute atomic E-state index is 6.07. The van der Waals surface area contributed by atoms with Gasteiger partial charge in [0.1, 0.15) is 11.5 Å². The smallest absolute Gasteiger partial charge is 0.124 e. The minimum Gasteiger partial charge on any atom is -0.493 e. The van der Waals surface area contributed by atoms with Crippen LogP contribution in [0.2, 0.25) is 0 Å². The van der Waals surface area contributed by atoms with Crippen LogP contribution in [0, 0.1) is 13.8 Å². The quantitative estimate of drug-likeness (QED) is 0.419. The summed E-state index contributed by atoms with van der Waals surface area (Å²) >= 11 is 0. The van der Waals surface area contributed by atoms with Crippen molar-refractivity contribution in [3.8, 4) is 11.5 Å². The van der Waals surface area contributed by atoms with Crippen LogP contribution in [0.5, 0.6) is 11.5 Å². The molecule has 0 fully saturated rings. The molecule has 2 aromatic carbocycles. The molecule has 0 unspecified atom stereocenters. The first-order valence-electron chi connectivity index (χ1n) is 11.0. The standard InChI is InChI=1S/C25H38N2O2/c1-7-26(8-2)22-14-12-20(5)24(18-22)28-16-11-17-29-25-19-23(15-13-21(25)6)27(9-3)10-4/h12-15,18-19H,7-11,16-17H2,1-6H3. The van der Waals surface area contributed by atoms with E-state index in [1.165, 1.54) is 22.5 Å². The lowest BCUT2D eigenvalue weighted by Gasteiger charge is -2.22. The number of ether oxygens (including phenoxy) is 2. The zero-order valence-electron chi connectivity index (χ0n) is 19.1. The highest BCUT2D eigenvalue weighted by molar-refractivity contribution is 5.54. The summed E-state index contributed by atoms with van der Waals surface area (Å²) in [6.45, 7) is 18.2. The van der Waals surface area contributed by atoms with Crippen LogP contribution < -0.4 is 19.3 Å². The molecule has 2 aromatic rings. The van der Waals surface area contributed by atoms with Gasteiger partial charge < -0.3 is 19.3 Å². The molecule has 0 amide bonds. The van der Waals surface area contributed by atoms with E-state index < -0.39 is 0 Å². The second-order valence-electron chi connectivity index (χ2n) is 7.29. The van der Waals surface area contributed by atoms with Gasteiger partial charge in [-0.25, -0.2) is 0 Å². The van der Waals surface area contributed by atoms with Crippen LogP contribution >= 0.6 is 0 Å². The van der Waals surface area contributed by atoms with Gasteiger partial charge in [-0.15, -0.1) is 0 Å². The largest absolute Gasteiger partial charge is 0.493 e. The number of benzene rings is 2. The lowest BCUT2D eigenvalue weighted by Crippen LogP contribution is -2.21. The molecule has 0 spiro atoms. The Morgan fingerprint density at radius 3 is 1.34 bits per heavy atom. The fraction of sp³-hybridized carbons (Fsp3) is 0.520. The molecule has 4 heteroatoms. The van der Waals surface area contributed by atoms with E-state index in [0.717, 1.165) is 44.1 Å². The molecule has 0 saturated heterocycles. The molecule has 0 atom stereocenters. The second kappa shape index (κ2) is 11.6. The molecule has 160 valence electrons. The van der Waals surface area contributed by atoms with Crippen molar-refractivity contribution in [3.05, 3.63) is 47.5 Å². The molecule has 4 nitrogen and oxygen atoms in total. The van der Waals surface area contributed by atoms with Crippen molar-refractivity contribution >= 4 is 11.4 Å². The number of hydrogen-bond acceptors (Lipinski definition) is 4. The molecule has 0 bridgehead atoms. The summed E-state index contributed by atoms with van der Waals surface area (Å²) < 4.78 is 12.1. The van der Waals surface area contributed by atoms with Crippen LogP contribution in [0.25, 0.3) is 0 Å². The van der Waals surface area contributed by atoms with Gasteiger partial charge in [0.15, 0.2) is 0 Å². The highest BCUT2D eigenvalue weighted by Gasteiger charge is 2.08. The van der Waals surface area contributed by atoms with Crippen molar-refractivity contribution in [2.75, 3.05) is 49.2 Å². The summed E-state index contributed by atoms with van der Waals surface area (Å²) in [5.41, 5.74) is 4.78. The molecule has 0 aliphatic carbocycles. The summed E-state index contributed by atoms with van der Waals surface area (Å²) in [6, 6.07) is 12.9. The Labute approximate surface area is 177 Å². The first-order chi connectivity index (χ1) is 14.0. The van der Waals surface area contributed by atoms with Gasteiger partial charge >= 0.3 is 0 Å². The number of anilines is 2. The average molecular weight is 399 g/mol. The first kappa shape index (κ1) is 22.9. The normalized spacial score (nSPS) is 10.7. The summed E-state index contributed by atoms with van der Waals surface area (Å²) in [5.74, 6) is 1.93. The summed E-state index contributed by atoms with van der Waals surface area (Å²) in [7, 11) is 0. The first-order valence-corrected chi connectivity index (χ1v) is 11.0. The van der Waals surface area contributed by atoms with Crippen molar-refractivity contribution in [3.63, 3.8) is 0 Å². The summed E-state index contributed by atoms with van der Waals surface area (Å²) in [5, 5.41) is 0. The van der Waals surface area contributed by atoms with Crippen LogP contribution in [0.4, 0.5) is 11.4 Å². The SMILES string of the molecule is CCN(CC)c1ccc(C)c(OCCCOc2cc(N(CC)CC)ccc2C)c1. The summed E-state index contributed by atoms with van der Waals surface area (Å²) in [6.07, 6.45) is 0.851. The van der Waals surface area contributed by atoms with E-state index in [1.807, 2.05) is 0 Å². The van der Waals surface area contributed by atoms with Crippen LogP contribution in [0.1, 0.15) is 45.2 Å². The third-order valence-electron chi connectivity index (χ3n) is 5.40. The molecule has 2 rings (SSSR count). The minimum absolute atomic E-state index is 0.650. The zero-order chi connectivity index (χ0) is 21.2. The van der Waals surface area contributed by atoms with Gasteiger partial charge in [0.05, 0.1) is 13.2 Å². The van der Waals surface area contributed by atoms with Gasteiger partial charge in [0, 0.05) is 56.1 Å². The molecule has 0 radical (unpaired) electrons. The zero-order valence-corrected chi connectivity index (χ0v) is 19.1. The van der Waals surface area contributed by atoms with Crippen molar-refractivity contribution in [1.82, 2.24) is 0 Å². The Bertz CT molecular complexity index is 689. The maximum Gasteiger partial charge on any atom is 0.124 e. The third kappa shape index (κ3) is 6.31. The molecule has 0 N–H and O–H groups in total. The van der Waals surface area contributed by atoms with E-state index >= 15 is 0 Å². The minimum atomic E-state index is 0.650. The molecule has 0 aromatic heterocycles. The lowest BCUT2D eigenvalue weighted by atomic mass is 10.2. The van der Waals surface area contributed by atoms with Crippen LogP contribution in [-0.2, 0) is 0 Å². The van der Waals surface area contributed by atoms with Gasteiger partial charge in [0.2, 0.25) is 0 Å². The number of rotatable bonds is 12. The predicted molar refractivity (Wildman–Crippen MR) is 125 cm³/mol. The Hall–Kier alpha value is -2.36. The van der Waals surface area contributed by atoms with Crippen LogP contribution in [-0.4, -0.2) is 39.4 Å². The molecule has 0 heterocycles. The maximum atomic E-state index is 6.07. The van der Waals surface area contributed by atoms with Crippen LogP contribution in [0.15, 0.2) is 36.4 Å². The van der Waals surface area contributed by atoms with Crippen molar-refractivity contribution < 1.29 is 9.47 Å². The molecular formula is C25H38N2O2. The third-order valence-corrected chi connectivity index (χ3v) is 5.40. The average Bonchev–Trinajstić information content (AvgIpc) is 2.73. The highest BCUT2D eigenvalue weighted by atomic mass is 16.5. The monoisotopic (exact) mass is 398 g/mol. The van der Waals surface area contributed by atoms with Gasteiger partial charge in [0.25, 0.3) is 0 Å². The highest BCUT2D eigenvalue weighted by Crippen LogP contribution is 2.27. The van der Waals surface area contributed by atoms with Gasteiger partial charge in [-0.05, 0) is 64.8 Å². The topological polar surface area (TPSA) is 24.9 Å². The van der Waals surface area contributed by atoms with Gasteiger partial charge in [-0.3, -0.25) is 0 Å². The Kier molecular flexibility index (Phi) is 9.17. The number of hydrogen-bond donors (Lipinski definition) is 0. The number of nitrogens with zero attached hydrogens (tertiary/aromatic N) is 2. The molecule has 0 aliphatic rings. The molecule has 0 saturated carbocycles. The Morgan fingerprint density at radius 1 is 0.621 bits per heavy atom. The van der Waals surface area contributed by atoms with E-state index in [9.17, 15) is 0 Å². The van der Waals surface area contributed by atoms with Gasteiger partial charge in [-0.1, -0.05) is 12.1 Å². The van der Waals surface area contributed by atoms with E-state index in [-0.39, 0.29) is 0 Å². The van der Waals surface area contributed by atoms with Crippen LogP contribution in [0.3, 0.4) is 0 Å². The summed E-state index contributed by atoms with van der Waals surface area (Å²) in [4.78, 5) is 4.67. The van der Waals surface area contributed by atoms with E-state index in [2.05, 4.69) is 87.7 Å². The molecular weight excluding hydrogens is 360 g/mol. The van der Waals surface area contributed by atoms with Crippen molar-refractivity contribution in [2.24, 2.45) is 0 Å². The van der Waals surface area contributed by atoms with Gasteiger partial charge in [-0.2, -0.15) is 0 Å². The predicted octanol–water partition coefficient (Wildman–Crippen LogP) is 5.84. The molecule has 0 aliphatic heterocycles. The van der Waals surface area contributed by atoms with Crippen molar-refractivity contribution in [2.45, 2.75) is 48.0 Å². The fourth-order valence-electron chi connectivity index (χ4n) is 3.48. The second-order valence-corrected chi connectivity index (χ2v) is 7.29. The van der Waals surface area contributed by atoms with Crippen molar-refractivity contribution in [1.29, 1.82) is 0 Å². The Morgan fingerprint density at radius 2 is 1.00 bits per heavy atom. The fourth-order valence-corrected chi connectivity index (χ4v) is 3.48. The number of aryl methyl sites for hydroxylation is 2. The van der Waals surface area contributed by atoms with E-state index in [0.29, 0.717) is 13.2 Å². The van der Waals surface area contributed by atoms with E-state index in [1.54, 1.807) is 0 Å². The van der Waals surface area contributed by atoms with E-state index in [4.69, 9.17) is 9.47 Å². The lowest BCUT2D eigenvalue weighted by molar-refractivity contribution is 0.246. The Balaban J connectivity index is 1.89. The molecule has 29 heavy (non-hydrogen) atoms.